The summed E-state index contributed by atoms with van der Waals surface area (Å²) >= 11 is 7.72. The van der Waals surface area contributed by atoms with Gasteiger partial charge in [-0.2, -0.15) is 16.7 Å². The molecule has 0 radical (unpaired) electrons. The molecule has 0 spiro atoms. The number of aldehydes is 1. The maximum absolute atomic E-state index is 14.2. The molecular formula is C25H32ClFN6O2S. The second-order valence-corrected chi connectivity index (χ2v) is 11.6. The summed E-state index contributed by atoms with van der Waals surface area (Å²) in [7, 11) is 2.14. The number of fused-ring (bicyclic) bond motifs is 2. The molecule has 3 N–H and O–H groups in total. The van der Waals surface area contributed by atoms with E-state index in [1.807, 2.05) is 30.0 Å². The Kier molecular flexibility index (Phi) is 7.73. The molecule has 1 aromatic carbocycles. The van der Waals surface area contributed by atoms with Gasteiger partial charge in [0.25, 0.3) is 0 Å². The lowest BCUT2D eigenvalue weighted by Crippen LogP contribution is -2.44. The fourth-order valence-corrected chi connectivity index (χ4v) is 7.37. The SMILES string of the molecule is CN1CCN(c2ccc(N)cc2OCCSC2CC3CC2C(Nc2nc(Cl)ncc2F)C3C=O)CC1. The van der Waals surface area contributed by atoms with Gasteiger partial charge < -0.3 is 30.4 Å². The third-order valence-corrected chi connectivity index (χ3v) is 9.24. The molecule has 194 valence electrons. The molecule has 5 rings (SSSR count). The Morgan fingerprint density at radius 3 is 2.89 bits per heavy atom. The summed E-state index contributed by atoms with van der Waals surface area (Å²) in [5, 5.41) is 3.52. The predicted molar refractivity (Wildman–Crippen MR) is 142 cm³/mol. The first-order valence-electron chi connectivity index (χ1n) is 12.4. The number of rotatable bonds is 9. The molecule has 3 fully saturated rings. The predicted octanol–water partition coefficient (Wildman–Crippen LogP) is 3.42. The fraction of sp³-hybridized carbons (Fsp3) is 0.560. The first kappa shape index (κ1) is 25.4. The first-order valence-corrected chi connectivity index (χ1v) is 13.8. The van der Waals surface area contributed by atoms with E-state index in [2.05, 4.69) is 32.1 Å². The second-order valence-electron chi connectivity index (χ2n) is 9.89. The van der Waals surface area contributed by atoms with Crippen LogP contribution in [0.1, 0.15) is 12.8 Å². The highest BCUT2D eigenvalue weighted by Crippen LogP contribution is 2.53. The molecule has 5 atom stereocenters. The lowest BCUT2D eigenvalue weighted by atomic mass is 9.85. The van der Waals surface area contributed by atoms with E-state index in [0.717, 1.165) is 68.7 Å². The molecule has 3 aliphatic rings. The molecule has 0 amide bonds. The van der Waals surface area contributed by atoms with Crippen LogP contribution in [0.3, 0.4) is 0 Å². The van der Waals surface area contributed by atoms with E-state index in [1.165, 1.54) is 0 Å². The van der Waals surface area contributed by atoms with Crippen LogP contribution in [0.15, 0.2) is 24.4 Å². The van der Waals surface area contributed by atoms with Gasteiger partial charge in [-0.1, -0.05) is 0 Å². The van der Waals surface area contributed by atoms with Crippen molar-refractivity contribution in [1.29, 1.82) is 0 Å². The van der Waals surface area contributed by atoms with Gasteiger partial charge in [-0.25, -0.2) is 9.37 Å². The Bertz CT molecular complexity index is 1090. The van der Waals surface area contributed by atoms with Crippen molar-refractivity contribution >= 4 is 46.8 Å². The van der Waals surface area contributed by atoms with Crippen molar-refractivity contribution in [2.24, 2.45) is 17.8 Å². The van der Waals surface area contributed by atoms with Gasteiger partial charge in [-0.15, -0.1) is 0 Å². The van der Waals surface area contributed by atoms with Gasteiger partial charge >= 0.3 is 0 Å². The van der Waals surface area contributed by atoms with Crippen molar-refractivity contribution in [2.75, 3.05) is 61.5 Å². The number of ether oxygens (including phenoxy) is 1. The number of carbonyl (C=O) groups is 1. The summed E-state index contributed by atoms with van der Waals surface area (Å²) in [4.78, 5) is 24.2. The molecule has 1 aromatic heterocycles. The number of carbonyl (C=O) groups excluding carboxylic acids is 1. The minimum absolute atomic E-state index is 0.0229. The van der Waals surface area contributed by atoms with Gasteiger partial charge in [0.1, 0.15) is 12.0 Å². The molecule has 1 saturated heterocycles. The number of thioether (sulfide) groups is 1. The highest BCUT2D eigenvalue weighted by molar-refractivity contribution is 7.99. The topological polar surface area (TPSA) is 96.6 Å². The molecule has 11 heteroatoms. The lowest BCUT2D eigenvalue weighted by molar-refractivity contribution is -0.112. The Morgan fingerprint density at radius 2 is 2.11 bits per heavy atom. The molecule has 2 aliphatic carbocycles. The molecule has 2 bridgehead atoms. The number of nitrogens with zero attached hydrogens (tertiary/aromatic N) is 4. The number of benzene rings is 1. The summed E-state index contributed by atoms with van der Waals surface area (Å²) in [6, 6.07) is 5.71. The van der Waals surface area contributed by atoms with E-state index >= 15 is 0 Å². The zero-order chi connectivity index (χ0) is 25.2. The van der Waals surface area contributed by atoms with E-state index in [-0.39, 0.29) is 29.0 Å². The maximum atomic E-state index is 14.2. The zero-order valence-electron chi connectivity index (χ0n) is 20.3. The number of hydrogen-bond acceptors (Lipinski definition) is 9. The molecule has 2 saturated carbocycles. The number of aromatic nitrogens is 2. The van der Waals surface area contributed by atoms with Crippen LogP contribution in [0.5, 0.6) is 5.75 Å². The molecule has 2 heterocycles. The van der Waals surface area contributed by atoms with Crippen molar-refractivity contribution in [1.82, 2.24) is 14.9 Å². The molecular weight excluding hydrogens is 503 g/mol. The van der Waals surface area contributed by atoms with Crippen LogP contribution in [0, 0.1) is 23.6 Å². The summed E-state index contributed by atoms with van der Waals surface area (Å²) in [6.45, 7) is 4.52. The number of piperazine rings is 1. The molecule has 1 aliphatic heterocycles. The lowest BCUT2D eigenvalue weighted by Gasteiger charge is -2.35. The third kappa shape index (κ3) is 5.35. The Labute approximate surface area is 220 Å². The van der Waals surface area contributed by atoms with Gasteiger partial charge in [-0.3, -0.25) is 0 Å². The van der Waals surface area contributed by atoms with Crippen molar-refractivity contribution in [3.63, 3.8) is 0 Å². The Balaban J connectivity index is 1.18. The maximum Gasteiger partial charge on any atom is 0.224 e. The van der Waals surface area contributed by atoms with Crippen LogP contribution < -0.4 is 20.7 Å². The Morgan fingerprint density at radius 1 is 1.31 bits per heavy atom. The number of nitrogens with one attached hydrogen (secondary N) is 1. The number of hydrogen-bond donors (Lipinski definition) is 2. The molecule has 8 nitrogen and oxygen atoms in total. The van der Waals surface area contributed by atoms with Crippen LogP contribution in [-0.2, 0) is 4.79 Å². The van der Waals surface area contributed by atoms with Crippen molar-refractivity contribution in [3.05, 3.63) is 35.5 Å². The highest BCUT2D eigenvalue weighted by Gasteiger charge is 2.53. The monoisotopic (exact) mass is 534 g/mol. The number of halogens is 2. The summed E-state index contributed by atoms with van der Waals surface area (Å²) in [5.74, 6) is 1.52. The highest BCUT2D eigenvalue weighted by atomic mass is 35.5. The van der Waals surface area contributed by atoms with Gasteiger partial charge in [0, 0.05) is 60.9 Å². The van der Waals surface area contributed by atoms with E-state index in [1.54, 1.807) is 0 Å². The fourth-order valence-electron chi connectivity index (χ4n) is 5.84. The smallest absolute Gasteiger partial charge is 0.224 e. The molecule has 36 heavy (non-hydrogen) atoms. The van der Waals surface area contributed by atoms with E-state index < -0.39 is 5.82 Å². The van der Waals surface area contributed by atoms with Crippen LogP contribution >= 0.6 is 23.4 Å². The van der Waals surface area contributed by atoms with Gasteiger partial charge in [0.15, 0.2) is 11.6 Å². The average molecular weight is 535 g/mol. The van der Waals surface area contributed by atoms with Crippen LogP contribution in [-0.4, -0.2) is 78.0 Å². The minimum atomic E-state index is -0.567. The third-order valence-electron chi connectivity index (χ3n) is 7.68. The second kappa shape index (κ2) is 11.0. The largest absolute Gasteiger partial charge is 0.490 e. The van der Waals surface area contributed by atoms with Crippen molar-refractivity contribution < 1.29 is 13.9 Å². The van der Waals surface area contributed by atoms with Crippen LogP contribution in [0.4, 0.5) is 21.6 Å². The zero-order valence-corrected chi connectivity index (χ0v) is 21.8. The summed E-state index contributed by atoms with van der Waals surface area (Å²) < 4.78 is 20.5. The van der Waals surface area contributed by atoms with E-state index in [4.69, 9.17) is 22.1 Å². The average Bonchev–Trinajstić information content (AvgIpc) is 3.43. The first-order chi connectivity index (χ1) is 17.4. The van der Waals surface area contributed by atoms with Crippen molar-refractivity contribution in [3.8, 4) is 5.75 Å². The van der Waals surface area contributed by atoms with E-state index in [0.29, 0.717) is 23.5 Å². The van der Waals surface area contributed by atoms with Crippen LogP contribution in [0.25, 0.3) is 0 Å². The summed E-state index contributed by atoms with van der Waals surface area (Å²) in [6.07, 6.45) is 3.99. The number of nitrogen functional groups attached to an aromatic ring is 1. The number of likely N-dealkylation sites (N-methyl/N-ethyl adjacent to an activating group) is 1. The molecule has 2 aromatic rings. The van der Waals surface area contributed by atoms with Gasteiger partial charge in [0.2, 0.25) is 5.28 Å². The minimum Gasteiger partial charge on any atom is -0.490 e. The van der Waals surface area contributed by atoms with Gasteiger partial charge in [0.05, 0.1) is 18.5 Å². The van der Waals surface area contributed by atoms with Crippen molar-refractivity contribution in [2.45, 2.75) is 24.1 Å². The molecule has 5 unspecified atom stereocenters. The summed E-state index contributed by atoms with van der Waals surface area (Å²) in [5.41, 5.74) is 7.84. The quantitative estimate of drug-likeness (QED) is 0.217. The number of anilines is 3. The normalized spacial score (nSPS) is 27.9. The van der Waals surface area contributed by atoms with Crippen LogP contribution in [0.2, 0.25) is 5.28 Å². The number of nitrogens with two attached hydrogens (primary N) is 1. The van der Waals surface area contributed by atoms with E-state index in [9.17, 15) is 9.18 Å². The standard InChI is InChI=1S/C25H32ClFN6O2S/c1-32-4-6-33(7-5-32)20-3-2-16(28)12-21(20)35-8-9-36-22-11-15-10-17(22)23(18(15)14-34)30-24-19(27)13-29-25(26)31-24/h2-3,12-15,17-18,22-23H,4-11,28H2,1H3,(H,29,30,31). The Hall–Kier alpha value is -2.30. The van der Waals surface area contributed by atoms with Gasteiger partial charge in [-0.05, 0) is 55.5 Å².